The average molecular weight is 291 g/mol. The van der Waals surface area contributed by atoms with Gasteiger partial charge in [0.15, 0.2) is 0 Å². The molecule has 1 aromatic rings. The Morgan fingerprint density at radius 2 is 2.29 bits per heavy atom. The minimum Gasteiger partial charge on any atom is -0.444 e. The summed E-state index contributed by atoms with van der Waals surface area (Å²) in [4.78, 5) is 18.3. The molecule has 0 radical (unpaired) electrons. The van der Waals surface area contributed by atoms with Crippen molar-refractivity contribution in [3.05, 3.63) is 23.9 Å². The van der Waals surface area contributed by atoms with E-state index in [0.717, 1.165) is 25.2 Å². The summed E-state index contributed by atoms with van der Waals surface area (Å²) in [6.45, 7) is 9.19. The van der Waals surface area contributed by atoms with E-state index in [4.69, 9.17) is 4.74 Å². The van der Waals surface area contributed by atoms with E-state index < -0.39 is 5.60 Å². The number of aromatic nitrogens is 1. The Morgan fingerprint density at radius 3 is 2.95 bits per heavy atom. The highest BCUT2D eigenvalue weighted by atomic mass is 16.6. The molecule has 2 heterocycles. The first-order valence-corrected chi connectivity index (χ1v) is 7.51. The molecule has 1 N–H and O–H groups in total. The summed E-state index contributed by atoms with van der Waals surface area (Å²) in [5.74, 6) is 0.853. The molecule has 0 aliphatic carbocycles. The SMILES string of the molecule is Cc1ccnc(NC[C@@H]2CCCN2C(=O)OC(C)(C)C)c1. The zero-order valence-corrected chi connectivity index (χ0v) is 13.3. The van der Waals surface area contributed by atoms with Crippen molar-refractivity contribution < 1.29 is 9.53 Å². The van der Waals surface area contributed by atoms with Gasteiger partial charge in [-0.1, -0.05) is 0 Å². The number of hydrogen-bond acceptors (Lipinski definition) is 4. The zero-order chi connectivity index (χ0) is 15.5. The van der Waals surface area contributed by atoms with Gasteiger partial charge < -0.3 is 15.0 Å². The second-order valence-electron chi connectivity index (χ2n) is 6.57. The predicted octanol–water partition coefficient (Wildman–Crippen LogP) is 3.20. The lowest BCUT2D eigenvalue weighted by Crippen LogP contribution is -2.42. The van der Waals surface area contributed by atoms with Crippen LogP contribution >= 0.6 is 0 Å². The summed E-state index contributed by atoms with van der Waals surface area (Å²) < 4.78 is 5.47. The standard InChI is InChI=1S/C16H25N3O2/c1-12-7-8-17-14(10-12)18-11-13-6-5-9-19(13)15(20)21-16(2,3)4/h7-8,10,13H,5-6,9,11H2,1-4H3,(H,17,18)/t13-/m0/s1. The fourth-order valence-corrected chi connectivity index (χ4v) is 2.46. The van der Waals surface area contributed by atoms with Crippen LogP contribution in [0.4, 0.5) is 10.6 Å². The van der Waals surface area contributed by atoms with Crippen LogP contribution in [0.1, 0.15) is 39.2 Å². The Kier molecular flexibility index (Phi) is 4.70. The molecule has 0 saturated carbocycles. The Morgan fingerprint density at radius 1 is 1.52 bits per heavy atom. The number of rotatable bonds is 3. The fourth-order valence-electron chi connectivity index (χ4n) is 2.46. The van der Waals surface area contributed by atoms with Gasteiger partial charge in [-0.05, 0) is 58.2 Å². The van der Waals surface area contributed by atoms with Gasteiger partial charge in [-0.15, -0.1) is 0 Å². The summed E-state index contributed by atoms with van der Waals surface area (Å²) >= 11 is 0. The summed E-state index contributed by atoms with van der Waals surface area (Å²) in [5, 5.41) is 3.31. The highest BCUT2D eigenvalue weighted by Gasteiger charge is 2.31. The van der Waals surface area contributed by atoms with Crippen LogP contribution < -0.4 is 5.32 Å². The van der Waals surface area contributed by atoms with Crippen molar-refractivity contribution in [2.45, 2.75) is 52.2 Å². The molecule has 0 aromatic carbocycles. The molecule has 116 valence electrons. The molecule has 5 heteroatoms. The lowest BCUT2D eigenvalue weighted by atomic mass is 10.2. The van der Waals surface area contributed by atoms with Crippen molar-refractivity contribution in [1.29, 1.82) is 0 Å². The number of aryl methyl sites for hydroxylation is 1. The molecular weight excluding hydrogens is 266 g/mol. The number of hydrogen-bond donors (Lipinski definition) is 1. The number of likely N-dealkylation sites (tertiary alicyclic amines) is 1. The number of ether oxygens (including phenoxy) is 1. The van der Waals surface area contributed by atoms with E-state index >= 15 is 0 Å². The molecule has 1 amide bonds. The van der Waals surface area contributed by atoms with Crippen molar-refractivity contribution in [3.8, 4) is 0 Å². The molecule has 1 aliphatic rings. The molecule has 1 fully saturated rings. The number of anilines is 1. The smallest absolute Gasteiger partial charge is 0.410 e. The van der Waals surface area contributed by atoms with E-state index in [0.29, 0.717) is 6.54 Å². The normalized spacial score (nSPS) is 18.7. The Balaban J connectivity index is 1.91. The van der Waals surface area contributed by atoms with Crippen molar-refractivity contribution in [2.24, 2.45) is 0 Å². The second-order valence-corrected chi connectivity index (χ2v) is 6.57. The first-order chi connectivity index (χ1) is 9.85. The lowest BCUT2D eigenvalue weighted by Gasteiger charge is -2.28. The van der Waals surface area contributed by atoms with Gasteiger partial charge in [0.25, 0.3) is 0 Å². The molecule has 2 rings (SSSR count). The van der Waals surface area contributed by atoms with Gasteiger partial charge >= 0.3 is 6.09 Å². The quantitative estimate of drug-likeness (QED) is 0.929. The van der Waals surface area contributed by atoms with E-state index in [-0.39, 0.29) is 12.1 Å². The first kappa shape index (κ1) is 15.6. The molecule has 0 spiro atoms. The Bertz CT molecular complexity index is 497. The van der Waals surface area contributed by atoms with Crippen molar-refractivity contribution in [3.63, 3.8) is 0 Å². The summed E-state index contributed by atoms with van der Waals surface area (Å²) in [6.07, 6.45) is 3.59. The van der Waals surface area contributed by atoms with Crippen LogP contribution in [0.25, 0.3) is 0 Å². The van der Waals surface area contributed by atoms with Crippen molar-refractivity contribution in [1.82, 2.24) is 9.88 Å². The number of pyridine rings is 1. The number of carbonyl (C=O) groups excluding carboxylic acids is 1. The van der Waals surface area contributed by atoms with Crippen LogP contribution in [0.15, 0.2) is 18.3 Å². The van der Waals surface area contributed by atoms with E-state index in [1.165, 1.54) is 5.56 Å². The van der Waals surface area contributed by atoms with Gasteiger partial charge in [0.05, 0.1) is 6.04 Å². The maximum Gasteiger partial charge on any atom is 0.410 e. The molecule has 1 aliphatic heterocycles. The summed E-state index contributed by atoms with van der Waals surface area (Å²) in [5.41, 5.74) is 0.721. The first-order valence-electron chi connectivity index (χ1n) is 7.51. The number of amides is 1. The molecule has 1 aromatic heterocycles. The average Bonchev–Trinajstić information content (AvgIpc) is 2.83. The maximum atomic E-state index is 12.2. The van der Waals surface area contributed by atoms with Gasteiger partial charge in [0.2, 0.25) is 0 Å². The molecule has 1 atom stereocenters. The van der Waals surface area contributed by atoms with E-state index in [1.807, 2.05) is 44.7 Å². The highest BCUT2D eigenvalue weighted by Crippen LogP contribution is 2.21. The van der Waals surface area contributed by atoms with Gasteiger partial charge in [-0.3, -0.25) is 0 Å². The Hall–Kier alpha value is -1.78. The number of carbonyl (C=O) groups is 1. The second kappa shape index (κ2) is 6.33. The van der Waals surface area contributed by atoms with E-state index in [9.17, 15) is 4.79 Å². The summed E-state index contributed by atoms with van der Waals surface area (Å²) in [6, 6.07) is 4.14. The van der Waals surface area contributed by atoms with E-state index in [1.54, 1.807) is 6.20 Å². The third-order valence-electron chi connectivity index (χ3n) is 3.44. The minimum absolute atomic E-state index is 0.169. The van der Waals surface area contributed by atoms with Crippen molar-refractivity contribution >= 4 is 11.9 Å². The lowest BCUT2D eigenvalue weighted by molar-refractivity contribution is 0.0235. The van der Waals surface area contributed by atoms with Crippen LogP contribution in [0.2, 0.25) is 0 Å². The topological polar surface area (TPSA) is 54.5 Å². The molecule has 1 saturated heterocycles. The monoisotopic (exact) mass is 291 g/mol. The van der Waals surface area contributed by atoms with Gasteiger partial charge in [-0.25, -0.2) is 9.78 Å². The number of nitrogens with one attached hydrogen (secondary N) is 1. The van der Waals surface area contributed by atoms with E-state index in [2.05, 4.69) is 10.3 Å². The van der Waals surface area contributed by atoms with Crippen LogP contribution in [-0.4, -0.2) is 40.7 Å². The molecule has 0 bridgehead atoms. The maximum absolute atomic E-state index is 12.2. The van der Waals surface area contributed by atoms with Crippen LogP contribution in [0, 0.1) is 6.92 Å². The van der Waals surface area contributed by atoms with Crippen LogP contribution in [-0.2, 0) is 4.74 Å². The third kappa shape index (κ3) is 4.62. The zero-order valence-electron chi connectivity index (χ0n) is 13.3. The molecular formula is C16H25N3O2. The minimum atomic E-state index is -0.449. The van der Waals surface area contributed by atoms with Gasteiger partial charge in [0.1, 0.15) is 11.4 Å². The predicted molar refractivity (Wildman–Crippen MR) is 83.4 cm³/mol. The largest absolute Gasteiger partial charge is 0.444 e. The molecule has 5 nitrogen and oxygen atoms in total. The highest BCUT2D eigenvalue weighted by molar-refractivity contribution is 5.69. The van der Waals surface area contributed by atoms with Crippen LogP contribution in [0.3, 0.4) is 0 Å². The number of nitrogens with zero attached hydrogens (tertiary/aromatic N) is 2. The summed E-state index contributed by atoms with van der Waals surface area (Å²) in [7, 11) is 0. The molecule has 21 heavy (non-hydrogen) atoms. The third-order valence-corrected chi connectivity index (χ3v) is 3.44. The van der Waals surface area contributed by atoms with Crippen molar-refractivity contribution in [2.75, 3.05) is 18.4 Å². The molecule has 0 unspecified atom stereocenters. The fraction of sp³-hybridized carbons (Fsp3) is 0.625. The van der Waals surface area contributed by atoms with Gasteiger partial charge in [-0.2, -0.15) is 0 Å². The van der Waals surface area contributed by atoms with Gasteiger partial charge in [0, 0.05) is 19.3 Å². The van der Waals surface area contributed by atoms with Crippen LogP contribution in [0.5, 0.6) is 0 Å². The Labute approximate surface area is 126 Å².